The number of aromatic nitrogens is 2. The van der Waals surface area contributed by atoms with Crippen LogP contribution in [0.3, 0.4) is 0 Å². The molecule has 6 nitrogen and oxygen atoms in total. The fourth-order valence-corrected chi connectivity index (χ4v) is 6.23. The topological polar surface area (TPSA) is 53.4 Å². The number of pyridine rings is 1. The molecule has 1 N–H and O–H groups in total. The summed E-state index contributed by atoms with van der Waals surface area (Å²) in [7, 11) is 0. The zero-order valence-corrected chi connectivity index (χ0v) is 24.3. The Morgan fingerprint density at radius 2 is 1.82 bits per heavy atom. The molecule has 0 unspecified atom stereocenters. The Bertz CT molecular complexity index is 1590. The number of anilines is 1. The summed E-state index contributed by atoms with van der Waals surface area (Å²) >= 11 is 18.3. The number of rotatable bonds is 6. The molecule has 40 heavy (non-hydrogen) atoms. The van der Waals surface area contributed by atoms with Crippen molar-refractivity contribution in [3.8, 4) is 0 Å². The lowest BCUT2D eigenvalue weighted by molar-refractivity contribution is 0.240. The zero-order valence-electron chi connectivity index (χ0n) is 22.0. The minimum absolute atomic E-state index is 0.124. The second-order valence-electron chi connectivity index (χ2n) is 10.4. The van der Waals surface area contributed by atoms with Crippen molar-refractivity contribution in [2.45, 2.75) is 32.4 Å². The Labute approximate surface area is 249 Å². The number of carbonyl (C=O) groups excluding carboxylic acids is 1. The first kappa shape index (κ1) is 27.2. The van der Waals surface area contributed by atoms with Gasteiger partial charge in [-0.05, 0) is 72.0 Å². The molecule has 2 aromatic carbocycles. The molecule has 206 valence electrons. The van der Waals surface area contributed by atoms with Gasteiger partial charge in [0.1, 0.15) is 5.15 Å². The van der Waals surface area contributed by atoms with Crippen molar-refractivity contribution < 1.29 is 4.79 Å². The van der Waals surface area contributed by atoms with Crippen LogP contribution in [0.4, 0.5) is 10.5 Å². The normalized spacial score (nSPS) is 15.7. The van der Waals surface area contributed by atoms with Crippen molar-refractivity contribution >= 4 is 63.5 Å². The van der Waals surface area contributed by atoms with Crippen LogP contribution >= 0.6 is 34.8 Å². The summed E-state index contributed by atoms with van der Waals surface area (Å²) in [6, 6.07) is 15.7. The van der Waals surface area contributed by atoms with Gasteiger partial charge in [0.2, 0.25) is 0 Å². The molecule has 6 rings (SSSR count). The van der Waals surface area contributed by atoms with Gasteiger partial charge in [-0.3, -0.25) is 9.47 Å². The van der Waals surface area contributed by atoms with Gasteiger partial charge in [-0.25, -0.2) is 9.78 Å². The molecule has 0 spiro atoms. The van der Waals surface area contributed by atoms with E-state index < -0.39 is 0 Å². The first-order chi connectivity index (χ1) is 19.5. The van der Waals surface area contributed by atoms with Gasteiger partial charge in [-0.2, -0.15) is 0 Å². The van der Waals surface area contributed by atoms with E-state index in [1.165, 1.54) is 24.1 Å². The van der Waals surface area contributed by atoms with Gasteiger partial charge < -0.3 is 10.2 Å². The molecule has 0 atom stereocenters. The summed E-state index contributed by atoms with van der Waals surface area (Å²) in [4.78, 5) is 22.5. The molecular weight excluding hydrogens is 565 g/mol. The largest absolute Gasteiger partial charge is 0.372 e. The fraction of sp³-hybridized carbons (Fsp3) is 0.290. The predicted molar refractivity (Wildman–Crippen MR) is 165 cm³/mol. The highest BCUT2D eigenvalue weighted by Gasteiger charge is 2.27. The van der Waals surface area contributed by atoms with Crippen LogP contribution in [-0.2, 0) is 19.5 Å². The summed E-state index contributed by atoms with van der Waals surface area (Å²) < 4.78 is 1.88. The minimum atomic E-state index is -0.124. The van der Waals surface area contributed by atoms with Gasteiger partial charge in [-0.1, -0.05) is 53.0 Å². The maximum Gasteiger partial charge on any atom is 0.326 e. The summed E-state index contributed by atoms with van der Waals surface area (Å²) in [6.45, 7) is 4.98. The molecule has 0 aliphatic carbocycles. The number of halogens is 3. The molecule has 0 saturated carbocycles. The molecule has 1 saturated heterocycles. The number of nitrogens with zero attached hydrogens (tertiary/aromatic N) is 4. The SMILES string of the molecule is O=C(NCc1ccnc(Cl)c1)n1c2c(c3cc(N4CCCC4)ccc31)CN(C/C=C/c1ccc(Cl)c(Cl)c1)CC2. The van der Waals surface area contributed by atoms with E-state index in [-0.39, 0.29) is 6.03 Å². The zero-order chi connectivity index (χ0) is 27.6. The van der Waals surface area contributed by atoms with Crippen molar-refractivity contribution in [1.29, 1.82) is 0 Å². The quantitative estimate of drug-likeness (QED) is 0.236. The van der Waals surface area contributed by atoms with Crippen molar-refractivity contribution in [3.05, 3.63) is 98.4 Å². The van der Waals surface area contributed by atoms with E-state index in [0.717, 1.165) is 66.9 Å². The number of hydrogen-bond acceptors (Lipinski definition) is 4. The van der Waals surface area contributed by atoms with Crippen molar-refractivity contribution in [2.75, 3.05) is 31.1 Å². The van der Waals surface area contributed by atoms with Crippen LogP contribution in [0.1, 0.15) is 35.2 Å². The summed E-state index contributed by atoms with van der Waals surface area (Å²) in [5.41, 5.74) is 6.43. The highest BCUT2D eigenvalue weighted by atomic mass is 35.5. The Kier molecular flexibility index (Phi) is 8.03. The molecular formula is C31H30Cl3N5O. The second kappa shape index (κ2) is 11.8. The van der Waals surface area contributed by atoms with Crippen LogP contribution in [0.25, 0.3) is 17.0 Å². The van der Waals surface area contributed by atoms with Crippen LogP contribution < -0.4 is 10.2 Å². The lowest BCUT2D eigenvalue weighted by Crippen LogP contribution is -2.34. The van der Waals surface area contributed by atoms with Gasteiger partial charge in [-0.15, -0.1) is 0 Å². The summed E-state index contributed by atoms with van der Waals surface area (Å²) in [5, 5.41) is 5.77. The van der Waals surface area contributed by atoms with E-state index in [1.807, 2.05) is 28.8 Å². The van der Waals surface area contributed by atoms with E-state index >= 15 is 0 Å². The van der Waals surface area contributed by atoms with Crippen LogP contribution in [-0.4, -0.2) is 46.7 Å². The molecule has 4 heterocycles. The lowest BCUT2D eigenvalue weighted by atomic mass is 10.0. The van der Waals surface area contributed by atoms with Crippen molar-refractivity contribution in [1.82, 2.24) is 19.8 Å². The molecule has 9 heteroatoms. The molecule has 1 fully saturated rings. The highest BCUT2D eigenvalue weighted by Crippen LogP contribution is 2.34. The molecule has 0 bridgehead atoms. The smallest absolute Gasteiger partial charge is 0.326 e. The van der Waals surface area contributed by atoms with Crippen molar-refractivity contribution in [3.63, 3.8) is 0 Å². The predicted octanol–water partition coefficient (Wildman–Crippen LogP) is 7.43. The Balaban J connectivity index is 1.27. The third kappa shape index (κ3) is 5.72. The van der Waals surface area contributed by atoms with Crippen LogP contribution in [0, 0.1) is 0 Å². The second-order valence-corrected chi connectivity index (χ2v) is 11.6. The lowest BCUT2D eigenvalue weighted by Gasteiger charge is -2.27. The Hall–Kier alpha value is -3.03. The third-order valence-corrected chi connectivity index (χ3v) is 8.68. The first-order valence-electron chi connectivity index (χ1n) is 13.6. The van der Waals surface area contributed by atoms with E-state index in [4.69, 9.17) is 34.8 Å². The molecule has 2 aliphatic heterocycles. The van der Waals surface area contributed by atoms with Crippen LogP contribution in [0.15, 0.2) is 60.8 Å². The third-order valence-electron chi connectivity index (χ3n) is 7.74. The number of nitrogens with one attached hydrogen (secondary N) is 1. The average molecular weight is 595 g/mol. The Morgan fingerprint density at radius 1 is 0.975 bits per heavy atom. The average Bonchev–Trinajstić information content (AvgIpc) is 3.60. The Morgan fingerprint density at radius 3 is 2.62 bits per heavy atom. The summed E-state index contributed by atoms with van der Waals surface area (Å²) in [6.07, 6.45) is 9.12. The van der Waals surface area contributed by atoms with E-state index in [2.05, 4.69) is 50.5 Å². The summed E-state index contributed by atoms with van der Waals surface area (Å²) in [5.74, 6) is 0. The van der Waals surface area contributed by atoms with Crippen LogP contribution in [0.5, 0.6) is 0 Å². The molecule has 2 aromatic heterocycles. The minimum Gasteiger partial charge on any atom is -0.372 e. The number of amides is 1. The van der Waals surface area contributed by atoms with Crippen molar-refractivity contribution in [2.24, 2.45) is 0 Å². The van der Waals surface area contributed by atoms with Gasteiger partial charge in [0.25, 0.3) is 0 Å². The number of hydrogen-bond donors (Lipinski definition) is 1. The van der Waals surface area contributed by atoms with E-state index in [1.54, 1.807) is 12.3 Å². The number of fused-ring (bicyclic) bond motifs is 3. The molecule has 2 aliphatic rings. The van der Waals surface area contributed by atoms with Gasteiger partial charge in [0, 0.05) is 68.7 Å². The number of carbonyl (C=O) groups is 1. The van der Waals surface area contributed by atoms with Crippen LogP contribution in [0.2, 0.25) is 15.2 Å². The highest BCUT2D eigenvalue weighted by molar-refractivity contribution is 6.42. The molecule has 0 radical (unpaired) electrons. The molecule has 1 amide bonds. The fourth-order valence-electron chi connectivity index (χ4n) is 5.73. The maximum absolute atomic E-state index is 13.6. The van der Waals surface area contributed by atoms with E-state index in [0.29, 0.717) is 21.7 Å². The maximum atomic E-state index is 13.6. The van der Waals surface area contributed by atoms with Gasteiger partial charge in [0.15, 0.2) is 0 Å². The van der Waals surface area contributed by atoms with Gasteiger partial charge >= 0.3 is 6.03 Å². The molecule has 4 aromatic rings. The van der Waals surface area contributed by atoms with Gasteiger partial charge in [0.05, 0.1) is 15.6 Å². The number of benzene rings is 2. The monoisotopic (exact) mass is 593 g/mol. The van der Waals surface area contributed by atoms with E-state index in [9.17, 15) is 4.79 Å². The first-order valence-corrected chi connectivity index (χ1v) is 14.7. The standard InChI is InChI=1S/C31H30Cl3N5O/c32-26-7-5-21(16-27(26)33)4-3-12-37-15-10-29-25(20-37)24-18-23(38-13-1-2-14-38)6-8-28(24)39(29)31(40)36-19-22-9-11-35-30(34)17-22/h3-9,11,16-18H,1-2,10,12-15,19-20H2,(H,36,40)/b4-3+.